The number of rotatable bonds is 6. The van der Waals surface area contributed by atoms with E-state index in [0.717, 1.165) is 27.2 Å². The Hall–Kier alpha value is -0.620. The topological polar surface area (TPSA) is 29.5 Å². The van der Waals surface area contributed by atoms with Gasteiger partial charge < -0.3 is 9.64 Å². The summed E-state index contributed by atoms with van der Waals surface area (Å²) in [4.78, 5) is 14.1. The van der Waals surface area contributed by atoms with Crippen LogP contribution >= 0.6 is 22.6 Å². The highest BCUT2D eigenvalue weighted by atomic mass is 127. The van der Waals surface area contributed by atoms with E-state index in [0.29, 0.717) is 13.2 Å². The summed E-state index contributed by atoms with van der Waals surface area (Å²) in [6.07, 6.45) is 2.60. The molecular formula is C15H20INO2. The van der Waals surface area contributed by atoms with Crippen LogP contribution in [0.5, 0.6) is 0 Å². The van der Waals surface area contributed by atoms with Gasteiger partial charge in [-0.2, -0.15) is 0 Å². The lowest BCUT2D eigenvalue weighted by molar-refractivity contribution is 0.0680. The average molecular weight is 373 g/mol. The summed E-state index contributed by atoms with van der Waals surface area (Å²) >= 11 is 2.24. The van der Waals surface area contributed by atoms with Crippen LogP contribution in [0.3, 0.4) is 0 Å². The molecule has 0 bridgehead atoms. The summed E-state index contributed by atoms with van der Waals surface area (Å²) in [5.74, 6) is 0.849. The highest BCUT2D eigenvalue weighted by Crippen LogP contribution is 2.28. The summed E-state index contributed by atoms with van der Waals surface area (Å²) in [6, 6.07) is 5.85. The van der Waals surface area contributed by atoms with E-state index in [-0.39, 0.29) is 5.91 Å². The van der Waals surface area contributed by atoms with Crippen LogP contribution in [0.1, 0.15) is 28.8 Å². The van der Waals surface area contributed by atoms with Gasteiger partial charge in [0.2, 0.25) is 0 Å². The number of benzene rings is 1. The van der Waals surface area contributed by atoms with Crippen LogP contribution in [0.15, 0.2) is 18.2 Å². The van der Waals surface area contributed by atoms with Crippen molar-refractivity contribution in [2.45, 2.75) is 19.8 Å². The Labute approximate surface area is 128 Å². The maximum absolute atomic E-state index is 12.3. The van der Waals surface area contributed by atoms with E-state index < -0.39 is 0 Å². The van der Waals surface area contributed by atoms with Crippen LogP contribution in [-0.4, -0.2) is 37.6 Å². The van der Waals surface area contributed by atoms with Gasteiger partial charge in [-0.3, -0.25) is 4.79 Å². The molecule has 1 aliphatic carbocycles. The van der Waals surface area contributed by atoms with Gasteiger partial charge in [-0.05, 0) is 59.9 Å². The second-order valence-corrected chi connectivity index (χ2v) is 6.26. The Morgan fingerprint density at radius 1 is 1.47 bits per heavy atom. The predicted molar refractivity (Wildman–Crippen MR) is 84.4 cm³/mol. The van der Waals surface area contributed by atoms with Crippen LogP contribution in [0.25, 0.3) is 0 Å². The molecule has 1 aromatic carbocycles. The van der Waals surface area contributed by atoms with Gasteiger partial charge >= 0.3 is 0 Å². The number of likely N-dealkylation sites (N-methyl/N-ethyl adjacent to an activating group) is 1. The van der Waals surface area contributed by atoms with Gasteiger partial charge in [-0.25, -0.2) is 0 Å². The average Bonchev–Trinajstić information content (AvgIpc) is 3.21. The smallest absolute Gasteiger partial charge is 0.254 e. The first-order valence-corrected chi connectivity index (χ1v) is 7.76. The monoisotopic (exact) mass is 373 g/mol. The maximum Gasteiger partial charge on any atom is 0.254 e. The van der Waals surface area contributed by atoms with Gasteiger partial charge in [-0.1, -0.05) is 12.1 Å². The van der Waals surface area contributed by atoms with E-state index in [4.69, 9.17) is 4.74 Å². The molecule has 1 fully saturated rings. The van der Waals surface area contributed by atoms with Gasteiger partial charge in [0.1, 0.15) is 0 Å². The Morgan fingerprint density at radius 2 is 2.21 bits per heavy atom. The number of amides is 1. The third-order valence-corrected chi connectivity index (χ3v) is 4.82. The Balaban J connectivity index is 1.84. The number of halogens is 1. The van der Waals surface area contributed by atoms with Crippen LogP contribution in [0.2, 0.25) is 0 Å². The zero-order valence-electron chi connectivity index (χ0n) is 11.5. The zero-order valence-corrected chi connectivity index (χ0v) is 13.6. The SMILES string of the molecule is Cc1cccc(C(=O)N(C)CCOCC2CC2)c1I. The molecule has 104 valence electrons. The summed E-state index contributed by atoms with van der Waals surface area (Å²) in [5.41, 5.74) is 1.93. The van der Waals surface area contributed by atoms with Crippen molar-refractivity contribution in [3.05, 3.63) is 32.9 Å². The third kappa shape index (κ3) is 4.18. The molecule has 3 nitrogen and oxygen atoms in total. The Kier molecular flexibility index (Phi) is 5.21. The van der Waals surface area contributed by atoms with E-state index in [2.05, 4.69) is 22.6 Å². The van der Waals surface area contributed by atoms with Gasteiger partial charge in [0.15, 0.2) is 0 Å². The van der Waals surface area contributed by atoms with E-state index in [1.54, 1.807) is 4.90 Å². The molecule has 0 atom stereocenters. The normalized spacial score (nSPS) is 14.5. The predicted octanol–water partition coefficient (Wildman–Crippen LogP) is 3.10. The lowest BCUT2D eigenvalue weighted by Crippen LogP contribution is -2.31. The number of carbonyl (C=O) groups is 1. The van der Waals surface area contributed by atoms with Crippen LogP contribution < -0.4 is 0 Å². The van der Waals surface area contributed by atoms with Gasteiger partial charge in [0, 0.05) is 23.8 Å². The molecule has 0 aromatic heterocycles. The van der Waals surface area contributed by atoms with E-state index >= 15 is 0 Å². The van der Waals surface area contributed by atoms with Crippen LogP contribution in [0, 0.1) is 16.4 Å². The van der Waals surface area contributed by atoms with E-state index in [9.17, 15) is 4.79 Å². The van der Waals surface area contributed by atoms with Crippen LogP contribution in [-0.2, 0) is 4.74 Å². The van der Waals surface area contributed by atoms with Gasteiger partial charge in [-0.15, -0.1) is 0 Å². The zero-order chi connectivity index (χ0) is 13.8. The van der Waals surface area contributed by atoms with E-state index in [1.807, 2.05) is 32.2 Å². The fraction of sp³-hybridized carbons (Fsp3) is 0.533. The number of ether oxygens (including phenoxy) is 1. The number of nitrogens with zero attached hydrogens (tertiary/aromatic N) is 1. The number of carbonyl (C=O) groups excluding carboxylic acids is 1. The Morgan fingerprint density at radius 3 is 2.89 bits per heavy atom. The highest BCUT2D eigenvalue weighted by molar-refractivity contribution is 14.1. The minimum absolute atomic E-state index is 0.0723. The van der Waals surface area contributed by atoms with E-state index in [1.165, 1.54) is 12.8 Å². The molecule has 1 aromatic rings. The van der Waals surface area contributed by atoms with Crippen molar-refractivity contribution < 1.29 is 9.53 Å². The second-order valence-electron chi connectivity index (χ2n) is 5.18. The molecule has 0 unspecified atom stereocenters. The summed E-state index contributed by atoms with van der Waals surface area (Å²) in [7, 11) is 1.83. The molecular weight excluding hydrogens is 353 g/mol. The summed E-state index contributed by atoms with van der Waals surface area (Å²) in [5, 5.41) is 0. The minimum Gasteiger partial charge on any atom is -0.379 e. The molecule has 2 rings (SSSR count). The first-order chi connectivity index (χ1) is 9.09. The molecule has 1 aliphatic rings. The molecule has 0 heterocycles. The molecule has 0 spiro atoms. The number of aryl methyl sites for hydroxylation is 1. The van der Waals surface area contributed by atoms with Crippen molar-refractivity contribution in [3.63, 3.8) is 0 Å². The molecule has 19 heavy (non-hydrogen) atoms. The fourth-order valence-corrected chi connectivity index (χ4v) is 2.45. The van der Waals surface area contributed by atoms with Crippen LogP contribution in [0.4, 0.5) is 0 Å². The lowest BCUT2D eigenvalue weighted by atomic mass is 10.1. The molecule has 0 N–H and O–H groups in total. The van der Waals surface area contributed by atoms with Gasteiger partial charge in [0.05, 0.1) is 12.2 Å². The first-order valence-electron chi connectivity index (χ1n) is 6.68. The molecule has 4 heteroatoms. The first kappa shape index (κ1) is 14.8. The lowest BCUT2D eigenvalue weighted by Gasteiger charge is -2.18. The maximum atomic E-state index is 12.3. The summed E-state index contributed by atoms with van der Waals surface area (Å²) in [6.45, 7) is 4.15. The Bertz CT molecular complexity index is 457. The largest absolute Gasteiger partial charge is 0.379 e. The van der Waals surface area contributed by atoms with Crippen molar-refractivity contribution in [2.75, 3.05) is 26.8 Å². The van der Waals surface area contributed by atoms with Crippen molar-refractivity contribution in [1.82, 2.24) is 4.90 Å². The highest BCUT2D eigenvalue weighted by Gasteiger charge is 2.21. The van der Waals surface area contributed by atoms with Crippen molar-refractivity contribution >= 4 is 28.5 Å². The molecule has 0 saturated heterocycles. The molecule has 0 radical (unpaired) electrons. The molecule has 0 aliphatic heterocycles. The third-order valence-electron chi connectivity index (χ3n) is 3.39. The van der Waals surface area contributed by atoms with Gasteiger partial charge in [0.25, 0.3) is 5.91 Å². The fourth-order valence-electron chi connectivity index (χ4n) is 1.86. The standard InChI is InChI=1S/C15H20INO2/c1-11-4-3-5-13(14(11)16)15(18)17(2)8-9-19-10-12-6-7-12/h3-5,12H,6-10H2,1-2H3. The van der Waals surface area contributed by atoms with Crippen molar-refractivity contribution in [2.24, 2.45) is 5.92 Å². The molecule has 1 saturated carbocycles. The number of hydrogen-bond acceptors (Lipinski definition) is 2. The second kappa shape index (κ2) is 6.70. The quantitative estimate of drug-likeness (QED) is 0.567. The number of hydrogen-bond donors (Lipinski definition) is 0. The molecule has 1 amide bonds. The minimum atomic E-state index is 0.0723. The van der Waals surface area contributed by atoms with Crippen molar-refractivity contribution in [3.8, 4) is 0 Å². The summed E-state index contributed by atoms with van der Waals surface area (Å²) < 4.78 is 6.61. The van der Waals surface area contributed by atoms with Crippen molar-refractivity contribution in [1.29, 1.82) is 0 Å².